The van der Waals surface area contributed by atoms with Crippen molar-refractivity contribution >= 4 is 23.7 Å². The molecule has 0 aromatic carbocycles. The Morgan fingerprint density at radius 1 is 1.43 bits per heavy atom. The van der Waals surface area contributed by atoms with Gasteiger partial charge in [-0.25, -0.2) is 9.59 Å². The smallest absolute Gasteiger partial charge is 0.350 e. The molecule has 0 aromatic rings. The Kier molecular flexibility index (Phi) is 5.72. The SMILES string of the molecule is CCOC(=O)C(C#N)=C1CSC2=C(C(=O)OC(C)C)CCCN12. The van der Waals surface area contributed by atoms with Gasteiger partial charge in [-0.15, -0.1) is 11.8 Å². The van der Waals surface area contributed by atoms with Gasteiger partial charge in [0.2, 0.25) is 0 Å². The Labute approximate surface area is 140 Å². The van der Waals surface area contributed by atoms with E-state index < -0.39 is 5.97 Å². The van der Waals surface area contributed by atoms with Gasteiger partial charge in [0.25, 0.3) is 0 Å². The van der Waals surface area contributed by atoms with Gasteiger partial charge in [-0.3, -0.25) is 0 Å². The zero-order valence-corrected chi connectivity index (χ0v) is 14.4. The molecule has 0 aliphatic carbocycles. The predicted molar refractivity (Wildman–Crippen MR) is 85.9 cm³/mol. The molecule has 1 saturated heterocycles. The van der Waals surface area contributed by atoms with Crippen molar-refractivity contribution in [2.45, 2.75) is 39.7 Å². The van der Waals surface area contributed by atoms with Crippen molar-refractivity contribution in [3.05, 3.63) is 21.9 Å². The summed E-state index contributed by atoms with van der Waals surface area (Å²) in [5.41, 5.74) is 1.28. The summed E-state index contributed by atoms with van der Waals surface area (Å²) in [6.07, 6.45) is 1.25. The minimum absolute atomic E-state index is 0.0211. The van der Waals surface area contributed by atoms with Crippen molar-refractivity contribution in [2.75, 3.05) is 18.9 Å². The summed E-state index contributed by atoms with van der Waals surface area (Å²) in [4.78, 5) is 26.1. The minimum atomic E-state index is -0.608. The number of ether oxygens (including phenoxy) is 2. The van der Waals surface area contributed by atoms with Crippen molar-refractivity contribution in [2.24, 2.45) is 0 Å². The van der Waals surface area contributed by atoms with Gasteiger partial charge in [-0.2, -0.15) is 5.26 Å². The summed E-state index contributed by atoms with van der Waals surface area (Å²) in [5.74, 6) is -0.443. The van der Waals surface area contributed by atoms with Gasteiger partial charge in [0.05, 0.1) is 29.0 Å². The first-order valence-electron chi connectivity index (χ1n) is 7.64. The molecule has 2 aliphatic rings. The summed E-state index contributed by atoms with van der Waals surface area (Å²) in [6, 6.07) is 1.95. The molecule has 2 rings (SSSR count). The summed E-state index contributed by atoms with van der Waals surface area (Å²) in [6.45, 7) is 6.23. The average molecular weight is 336 g/mol. The second-order valence-electron chi connectivity index (χ2n) is 5.44. The quantitative estimate of drug-likeness (QED) is 0.443. The number of carbonyl (C=O) groups excluding carboxylic acids is 2. The third-order valence-corrected chi connectivity index (χ3v) is 4.61. The fourth-order valence-electron chi connectivity index (χ4n) is 2.54. The van der Waals surface area contributed by atoms with Crippen molar-refractivity contribution in [1.29, 1.82) is 5.26 Å². The molecule has 124 valence electrons. The van der Waals surface area contributed by atoms with Gasteiger partial charge in [-0.1, -0.05) is 0 Å². The molecule has 7 heteroatoms. The molecular weight excluding hydrogens is 316 g/mol. The lowest BCUT2D eigenvalue weighted by Crippen LogP contribution is -2.28. The van der Waals surface area contributed by atoms with E-state index in [-0.39, 0.29) is 24.3 Å². The van der Waals surface area contributed by atoms with E-state index in [4.69, 9.17) is 9.47 Å². The number of nitriles is 1. The molecule has 2 aliphatic heterocycles. The molecule has 0 spiro atoms. The van der Waals surface area contributed by atoms with E-state index in [1.165, 1.54) is 11.8 Å². The molecular formula is C16H20N2O4S. The van der Waals surface area contributed by atoms with Gasteiger partial charge < -0.3 is 14.4 Å². The highest BCUT2D eigenvalue weighted by atomic mass is 32.2. The van der Waals surface area contributed by atoms with Crippen LogP contribution < -0.4 is 0 Å². The number of carbonyl (C=O) groups is 2. The zero-order chi connectivity index (χ0) is 17.0. The second-order valence-corrected chi connectivity index (χ2v) is 6.40. The van der Waals surface area contributed by atoms with E-state index in [1.807, 2.05) is 24.8 Å². The molecule has 0 radical (unpaired) electrons. The molecule has 2 heterocycles. The van der Waals surface area contributed by atoms with Crippen LogP contribution >= 0.6 is 11.8 Å². The maximum Gasteiger partial charge on any atom is 0.350 e. The van der Waals surface area contributed by atoms with E-state index in [9.17, 15) is 14.9 Å². The molecule has 0 unspecified atom stereocenters. The number of esters is 2. The summed E-state index contributed by atoms with van der Waals surface area (Å²) in [5, 5.41) is 10.1. The number of nitrogens with zero attached hydrogens (tertiary/aromatic N) is 2. The third kappa shape index (κ3) is 3.70. The average Bonchev–Trinajstić information content (AvgIpc) is 2.91. The largest absolute Gasteiger partial charge is 0.462 e. The number of hydrogen-bond donors (Lipinski definition) is 0. The fraction of sp³-hybridized carbons (Fsp3) is 0.562. The Balaban J connectivity index is 2.36. The van der Waals surface area contributed by atoms with Gasteiger partial charge in [0, 0.05) is 12.3 Å². The Morgan fingerprint density at radius 3 is 2.78 bits per heavy atom. The number of hydrogen-bond acceptors (Lipinski definition) is 7. The highest BCUT2D eigenvalue weighted by molar-refractivity contribution is 8.03. The van der Waals surface area contributed by atoms with Crippen LogP contribution in [0.3, 0.4) is 0 Å². The first-order chi connectivity index (χ1) is 11.0. The van der Waals surface area contributed by atoms with Crippen molar-refractivity contribution < 1.29 is 19.1 Å². The van der Waals surface area contributed by atoms with E-state index >= 15 is 0 Å². The number of thioether (sulfide) groups is 1. The number of rotatable bonds is 4. The van der Waals surface area contributed by atoms with Crippen LogP contribution in [0.25, 0.3) is 0 Å². The fourth-order valence-corrected chi connectivity index (χ4v) is 3.83. The zero-order valence-electron chi connectivity index (χ0n) is 13.5. The van der Waals surface area contributed by atoms with Gasteiger partial charge in [0.15, 0.2) is 5.57 Å². The molecule has 23 heavy (non-hydrogen) atoms. The lowest BCUT2D eigenvalue weighted by atomic mass is 10.1. The molecule has 0 N–H and O–H groups in total. The summed E-state index contributed by atoms with van der Waals surface area (Å²) >= 11 is 1.47. The van der Waals surface area contributed by atoms with Crippen LogP contribution in [0.1, 0.15) is 33.6 Å². The van der Waals surface area contributed by atoms with Gasteiger partial charge in [-0.05, 0) is 33.6 Å². The van der Waals surface area contributed by atoms with E-state index in [1.54, 1.807) is 6.92 Å². The van der Waals surface area contributed by atoms with Crippen LogP contribution in [-0.4, -0.2) is 41.8 Å². The Bertz CT molecular complexity index is 616. The minimum Gasteiger partial charge on any atom is -0.462 e. The maximum absolute atomic E-state index is 12.2. The van der Waals surface area contributed by atoms with Crippen LogP contribution in [0, 0.1) is 11.3 Å². The lowest BCUT2D eigenvalue weighted by molar-refractivity contribution is -0.143. The lowest BCUT2D eigenvalue weighted by Gasteiger charge is -2.28. The van der Waals surface area contributed by atoms with E-state index in [2.05, 4.69) is 0 Å². The first-order valence-corrected chi connectivity index (χ1v) is 8.63. The monoisotopic (exact) mass is 336 g/mol. The molecule has 0 aromatic heterocycles. The van der Waals surface area contributed by atoms with Gasteiger partial charge >= 0.3 is 11.9 Å². The number of fused-ring (bicyclic) bond motifs is 1. The molecule has 0 amide bonds. The van der Waals surface area contributed by atoms with E-state index in [0.717, 1.165) is 11.4 Å². The molecule has 6 nitrogen and oxygen atoms in total. The van der Waals surface area contributed by atoms with Crippen LogP contribution in [0.4, 0.5) is 0 Å². The first kappa shape index (κ1) is 17.4. The molecule has 0 atom stereocenters. The Hall–Kier alpha value is -1.94. The highest BCUT2D eigenvalue weighted by Crippen LogP contribution is 2.42. The van der Waals surface area contributed by atoms with Gasteiger partial charge in [0.1, 0.15) is 6.07 Å². The third-order valence-electron chi connectivity index (χ3n) is 3.45. The van der Waals surface area contributed by atoms with Crippen LogP contribution in [0.5, 0.6) is 0 Å². The molecule has 1 fully saturated rings. The molecule has 0 saturated carbocycles. The standard InChI is InChI=1S/C16H20N2O4S/c1-4-21-15(19)12(8-17)13-9-23-14-11(6-5-7-18(13)14)16(20)22-10(2)3/h10H,4-7,9H2,1-3H3. The topological polar surface area (TPSA) is 79.6 Å². The van der Waals surface area contributed by atoms with Crippen molar-refractivity contribution in [3.63, 3.8) is 0 Å². The summed E-state index contributed by atoms with van der Waals surface area (Å²) in [7, 11) is 0. The second kappa shape index (κ2) is 7.55. The van der Waals surface area contributed by atoms with Crippen LogP contribution in [0.15, 0.2) is 21.9 Å². The van der Waals surface area contributed by atoms with Crippen molar-refractivity contribution in [3.8, 4) is 6.07 Å². The predicted octanol–water partition coefficient (Wildman–Crippen LogP) is 2.33. The summed E-state index contributed by atoms with van der Waals surface area (Å²) < 4.78 is 10.2. The highest BCUT2D eigenvalue weighted by Gasteiger charge is 2.36. The van der Waals surface area contributed by atoms with E-state index in [0.29, 0.717) is 30.0 Å². The molecule has 0 bridgehead atoms. The maximum atomic E-state index is 12.2. The van der Waals surface area contributed by atoms with Crippen molar-refractivity contribution in [1.82, 2.24) is 4.90 Å². The van der Waals surface area contributed by atoms with Crippen LogP contribution in [-0.2, 0) is 19.1 Å². The van der Waals surface area contributed by atoms with Crippen LogP contribution in [0.2, 0.25) is 0 Å². The normalized spacial score (nSPS) is 19.3. The Morgan fingerprint density at radius 2 is 2.17 bits per heavy atom.